The fourth-order valence-electron chi connectivity index (χ4n) is 2.17. The van der Waals surface area contributed by atoms with E-state index in [-0.39, 0.29) is 18.2 Å². The van der Waals surface area contributed by atoms with Crippen LogP contribution in [0.25, 0.3) is 0 Å². The van der Waals surface area contributed by atoms with E-state index in [2.05, 4.69) is 10.6 Å². The summed E-state index contributed by atoms with van der Waals surface area (Å²) in [7, 11) is 0. The second kappa shape index (κ2) is 6.07. The molecular weight excluding hydrogens is 304 g/mol. The maximum atomic E-state index is 12.0. The van der Waals surface area contributed by atoms with Gasteiger partial charge in [0.1, 0.15) is 5.75 Å². The molecule has 2 N–H and O–H groups in total. The SMILES string of the molecule is O=C(CC1Oc2ccccc2NC1=O)Nc1cccc(Cl)c1. The Morgan fingerprint density at radius 3 is 2.86 bits per heavy atom. The molecule has 112 valence electrons. The summed E-state index contributed by atoms with van der Waals surface area (Å²) >= 11 is 5.86. The van der Waals surface area contributed by atoms with E-state index in [0.29, 0.717) is 22.1 Å². The van der Waals surface area contributed by atoms with Gasteiger partial charge in [-0.1, -0.05) is 29.8 Å². The molecule has 0 saturated carbocycles. The molecule has 0 aromatic heterocycles. The van der Waals surface area contributed by atoms with Gasteiger partial charge in [0, 0.05) is 10.7 Å². The Kier molecular flexibility index (Phi) is 3.98. The highest BCUT2D eigenvalue weighted by Crippen LogP contribution is 2.29. The number of nitrogens with one attached hydrogen (secondary N) is 2. The zero-order chi connectivity index (χ0) is 15.5. The Morgan fingerprint density at radius 1 is 1.23 bits per heavy atom. The predicted octanol–water partition coefficient (Wildman–Crippen LogP) is 3.07. The third-order valence-corrected chi connectivity index (χ3v) is 3.42. The molecule has 1 heterocycles. The summed E-state index contributed by atoms with van der Waals surface area (Å²) in [5.41, 5.74) is 1.19. The largest absolute Gasteiger partial charge is 0.478 e. The summed E-state index contributed by atoms with van der Waals surface area (Å²) in [6.45, 7) is 0. The highest BCUT2D eigenvalue weighted by atomic mass is 35.5. The van der Waals surface area contributed by atoms with Crippen molar-refractivity contribution in [3.8, 4) is 5.75 Å². The van der Waals surface area contributed by atoms with E-state index in [1.165, 1.54) is 0 Å². The molecule has 0 spiro atoms. The fourth-order valence-corrected chi connectivity index (χ4v) is 2.36. The molecule has 1 aliphatic rings. The lowest BCUT2D eigenvalue weighted by molar-refractivity contribution is -0.128. The second-order valence-electron chi connectivity index (χ2n) is 4.85. The molecule has 6 heteroatoms. The number of benzene rings is 2. The maximum absolute atomic E-state index is 12.0. The minimum Gasteiger partial charge on any atom is -0.478 e. The number of halogens is 1. The zero-order valence-corrected chi connectivity index (χ0v) is 12.3. The van der Waals surface area contributed by atoms with Crippen LogP contribution >= 0.6 is 11.6 Å². The highest BCUT2D eigenvalue weighted by molar-refractivity contribution is 6.30. The molecule has 0 radical (unpaired) electrons. The lowest BCUT2D eigenvalue weighted by Crippen LogP contribution is -2.39. The quantitative estimate of drug-likeness (QED) is 0.914. The zero-order valence-electron chi connectivity index (χ0n) is 11.5. The summed E-state index contributed by atoms with van der Waals surface area (Å²) in [5.74, 6) is -0.0932. The second-order valence-corrected chi connectivity index (χ2v) is 5.29. The molecule has 1 aliphatic heterocycles. The standard InChI is InChI=1S/C16H13ClN2O3/c17-10-4-3-5-11(8-10)18-15(20)9-14-16(21)19-12-6-1-2-7-13(12)22-14/h1-8,14H,9H2,(H,18,20)(H,19,21). The number of ether oxygens (including phenoxy) is 1. The van der Waals surface area contributed by atoms with Crippen LogP contribution in [0.4, 0.5) is 11.4 Å². The molecule has 2 aromatic rings. The molecular formula is C16H13ClN2O3. The van der Waals surface area contributed by atoms with Crippen molar-refractivity contribution >= 4 is 34.8 Å². The number of hydrogen-bond acceptors (Lipinski definition) is 3. The number of fused-ring (bicyclic) bond motifs is 1. The topological polar surface area (TPSA) is 67.4 Å². The molecule has 2 aromatic carbocycles. The Morgan fingerprint density at radius 2 is 2.05 bits per heavy atom. The van der Waals surface area contributed by atoms with Crippen LogP contribution in [0.2, 0.25) is 5.02 Å². The van der Waals surface area contributed by atoms with Gasteiger partial charge < -0.3 is 15.4 Å². The van der Waals surface area contributed by atoms with E-state index in [1.807, 2.05) is 0 Å². The molecule has 0 fully saturated rings. The van der Waals surface area contributed by atoms with E-state index in [9.17, 15) is 9.59 Å². The average molecular weight is 317 g/mol. The van der Waals surface area contributed by atoms with Gasteiger partial charge in [-0.2, -0.15) is 0 Å². The summed E-state index contributed by atoms with van der Waals surface area (Å²) in [6.07, 6.45) is -0.929. The van der Waals surface area contributed by atoms with Gasteiger partial charge in [0.15, 0.2) is 6.10 Å². The summed E-state index contributed by atoms with van der Waals surface area (Å²) in [6, 6.07) is 13.9. The number of hydrogen-bond donors (Lipinski definition) is 2. The van der Waals surface area contributed by atoms with Crippen molar-refractivity contribution in [3.05, 3.63) is 53.6 Å². The number of rotatable bonds is 3. The van der Waals surface area contributed by atoms with E-state index in [4.69, 9.17) is 16.3 Å². The van der Waals surface area contributed by atoms with E-state index in [0.717, 1.165) is 0 Å². The smallest absolute Gasteiger partial charge is 0.266 e. The summed E-state index contributed by atoms with van der Waals surface area (Å²) < 4.78 is 5.58. The van der Waals surface area contributed by atoms with Gasteiger partial charge in [-0.3, -0.25) is 9.59 Å². The molecule has 0 aliphatic carbocycles. The van der Waals surface area contributed by atoms with Crippen LogP contribution in [0.3, 0.4) is 0 Å². The Balaban J connectivity index is 1.66. The number of amides is 2. The van der Waals surface area contributed by atoms with Gasteiger partial charge in [0.25, 0.3) is 5.91 Å². The molecule has 1 unspecified atom stereocenters. The number of carbonyl (C=O) groups excluding carboxylic acids is 2. The molecule has 1 atom stereocenters. The van der Waals surface area contributed by atoms with Crippen molar-refractivity contribution in [2.45, 2.75) is 12.5 Å². The maximum Gasteiger partial charge on any atom is 0.266 e. The number of carbonyl (C=O) groups is 2. The van der Waals surface area contributed by atoms with Crippen LogP contribution in [0.1, 0.15) is 6.42 Å². The van der Waals surface area contributed by atoms with Gasteiger partial charge in [-0.25, -0.2) is 0 Å². The fraction of sp³-hybridized carbons (Fsp3) is 0.125. The van der Waals surface area contributed by atoms with Crippen LogP contribution in [0.5, 0.6) is 5.75 Å². The minimum atomic E-state index is -0.853. The van der Waals surface area contributed by atoms with E-state index < -0.39 is 6.10 Å². The van der Waals surface area contributed by atoms with Crippen LogP contribution in [0, 0.1) is 0 Å². The molecule has 0 saturated heterocycles. The Labute approximate surface area is 132 Å². The van der Waals surface area contributed by atoms with Crippen molar-refractivity contribution in [1.29, 1.82) is 0 Å². The first kappa shape index (κ1) is 14.4. The molecule has 22 heavy (non-hydrogen) atoms. The lowest BCUT2D eigenvalue weighted by atomic mass is 10.1. The lowest BCUT2D eigenvalue weighted by Gasteiger charge is -2.25. The van der Waals surface area contributed by atoms with Crippen LogP contribution in [-0.4, -0.2) is 17.9 Å². The molecule has 3 rings (SSSR count). The van der Waals surface area contributed by atoms with Crippen LogP contribution in [-0.2, 0) is 9.59 Å². The van der Waals surface area contributed by atoms with Gasteiger partial charge in [0.2, 0.25) is 5.91 Å². The van der Waals surface area contributed by atoms with Gasteiger partial charge in [0.05, 0.1) is 12.1 Å². The number of para-hydroxylation sites is 2. The van der Waals surface area contributed by atoms with E-state index >= 15 is 0 Å². The van der Waals surface area contributed by atoms with Gasteiger partial charge in [-0.05, 0) is 30.3 Å². The summed E-state index contributed by atoms with van der Waals surface area (Å²) in [4.78, 5) is 24.0. The monoisotopic (exact) mass is 316 g/mol. The van der Waals surface area contributed by atoms with Crippen molar-refractivity contribution in [2.24, 2.45) is 0 Å². The first-order chi connectivity index (χ1) is 10.6. The third kappa shape index (κ3) is 3.20. The predicted molar refractivity (Wildman–Crippen MR) is 84.2 cm³/mol. The normalized spacial score (nSPS) is 16.2. The van der Waals surface area contributed by atoms with Crippen molar-refractivity contribution in [2.75, 3.05) is 10.6 Å². The first-order valence-electron chi connectivity index (χ1n) is 6.74. The summed E-state index contributed by atoms with van der Waals surface area (Å²) in [5, 5.41) is 5.94. The number of anilines is 2. The van der Waals surface area contributed by atoms with Gasteiger partial charge in [-0.15, -0.1) is 0 Å². The highest BCUT2D eigenvalue weighted by Gasteiger charge is 2.29. The molecule has 2 amide bonds. The minimum absolute atomic E-state index is 0.0767. The Bertz CT molecular complexity index is 733. The van der Waals surface area contributed by atoms with Crippen molar-refractivity contribution < 1.29 is 14.3 Å². The van der Waals surface area contributed by atoms with Crippen molar-refractivity contribution in [1.82, 2.24) is 0 Å². The first-order valence-corrected chi connectivity index (χ1v) is 7.11. The molecule has 5 nitrogen and oxygen atoms in total. The Hall–Kier alpha value is -2.53. The van der Waals surface area contributed by atoms with Crippen LogP contribution < -0.4 is 15.4 Å². The average Bonchev–Trinajstić information content (AvgIpc) is 2.48. The van der Waals surface area contributed by atoms with Gasteiger partial charge >= 0.3 is 0 Å². The van der Waals surface area contributed by atoms with Crippen LogP contribution in [0.15, 0.2) is 48.5 Å². The van der Waals surface area contributed by atoms with E-state index in [1.54, 1.807) is 48.5 Å². The third-order valence-electron chi connectivity index (χ3n) is 3.19. The van der Waals surface area contributed by atoms with Crippen molar-refractivity contribution in [3.63, 3.8) is 0 Å². The molecule has 0 bridgehead atoms.